The summed E-state index contributed by atoms with van der Waals surface area (Å²) in [4.78, 5) is 0. The Morgan fingerprint density at radius 2 is 0.737 bits per heavy atom. The van der Waals surface area contributed by atoms with E-state index in [0.29, 0.717) is 0 Å². The summed E-state index contributed by atoms with van der Waals surface area (Å²) in [6.07, 6.45) is 0. The molecule has 0 fully saturated rings. The molecule has 9 aromatic carbocycles. The Labute approximate surface area is 333 Å². The van der Waals surface area contributed by atoms with E-state index in [2.05, 4.69) is 215 Å². The highest BCUT2D eigenvalue weighted by molar-refractivity contribution is 7.25. The van der Waals surface area contributed by atoms with Gasteiger partial charge in [0.05, 0.1) is 22.1 Å². The van der Waals surface area contributed by atoms with Crippen LogP contribution in [0.4, 0.5) is 0 Å². The molecule has 0 spiro atoms. The summed E-state index contributed by atoms with van der Waals surface area (Å²) in [5, 5.41) is 7.71. The van der Waals surface area contributed by atoms with Gasteiger partial charge in [-0.15, -0.1) is 11.3 Å². The number of rotatable bonds is 5. The number of nitrogens with zero attached hydrogens (tertiary/aromatic N) is 2. The Morgan fingerprint density at radius 1 is 0.281 bits per heavy atom. The van der Waals surface area contributed by atoms with Crippen molar-refractivity contribution in [3.05, 3.63) is 206 Å². The first kappa shape index (κ1) is 32.1. The molecule has 0 bridgehead atoms. The van der Waals surface area contributed by atoms with Gasteiger partial charge >= 0.3 is 0 Å². The van der Waals surface area contributed by atoms with Gasteiger partial charge in [-0.1, -0.05) is 146 Å². The molecule has 12 aromatic rings. The first-order chi connectivity index (χ1) is 28.3. The van der Waals surface area contributed by atoms with Crippen molar-refractivity contribution < 1.29 is 0 Å². The van der Waals surface area contributed by atoms with Crippen LogP contribution in [0.5, 0.6) is 0 Å². The predicted octanol–water partition coefficient (Wildman–Crippen LogP) is 15.2. The third-order valence-corrected chi connectivity index (χ3v) is 12.9. The van der Waals surface area contributed by atoms with Gasteiger partial charge in [-0.3, -0.25) is 0 Å². The monoisotopic (exact) mass is 742 g/mol. The van der Waals surface area contributed by atoms with E-state index in [0.717, 1.165) is 5.69 Å². The molecule has 0 atom stereocenters. The van der Waals surface area contributed by atoms with Crippen LogP contribution in [0.15, 0.2) is 206 Å². The normalized spacial score (nSPS) is 11.9. The van der Waals surface area contributed by atoms with Gasteiger partial charge in [0.2, 0.25) is 0 Å². The Hall–Kier alpha value is -7.20. The molecule has 0 aliphatic rings. The third kappa shape index (κ3) is 5.03. The van der Waals surface area contributed by atoms with Crippen LogP contribution in [0, 0.1) is 0 Å². The molecule has 57 heavy (non-hydrogen) atoms. The number of hydrogen-bond donors (Lipinski definition) is 0. The van der Waals surface area contributed by atoms with E-state index in [1.54, 1.807) is 0 Å². The molecule has 3 aromatic heterocycles. The minimum Gasteiger partial charge on any atom is -0.309 e. The topological polar surface area (TPSA) is 9.86 Å². The lowest BCUT2D eigenvalue weighted by atomic mass is 9.97. The average Bonchev–Trinajstić information content (AvgIpc) is 3.94. The Kier molecular flexibility index (Phi) is 7.13. The molecule has 0 amide bonds. The van der Waals surface area contributed by atoms with Crippen LogP contribution in [0.2, 0.25) is 0 Å². The number of hydrogen-bond acceptors (Lipinski definition) is 1. The smallest absolute Gasteiger partial charge is 0.0547 e. The van der Waals surface area contributed by atoms with Crippen LogP contribution >= 0.6 is 11.3 Å². The van der Waals surface area contributed by atoms with Crippen LogP contribution in [0.1, 0.15) is 0 Å². The van der Waals surface area contributed by atoms with Crippen molar-refractivity contribution in [2.75, 3.05) is 0 Å². The number of fused-ring (bicyclic) bond motifs is 9. The van der Waals surface area contributed by atoms with E-state index in [1.807, 2.05) is 11.3 Å². The van der Waals surface area contributed by atoms with Crippen molar-refractivity contribution in [1.29, 1.82) is 0 Å². The van der Waals surface area contributed by atoms with Crippen LogP contribution in [0.3, 0.4) is 0 Å². The fraction of sp³-hybridized carbons (Fsp3) is 0. The van der Waals surface area contributed by atoms with Crippen LogP contribution < -0.4 is 0 Å². The third-order valence-electron chi connectivity index (χ3n) is 11.8. The minimum absolute atomic E-state index is 1.15. The molecule has 0 aliphatic carbocycles. The van der Waals surface area contributed by atoms with Crippen LogP contribution in [-0.2, 0) is 0 Å². The zero-order valence-corrected chi connectivity index (χ0v) is 31.7. The summed E-state index contributed by atoms with van der Waals surface area (Å²) >= 11 is 1.87. The molecule has 12 rings (SSSR count). The lowest BCUT2D eigenvalue weighted by Gasteiger charge is -2.12. The quantitative estimate of drug-likeness (QED) is 0.166. The van der Waals surface area contributed by atoms with E-state index in [1.165, 1.54) is 103 Å². The van der Waals surface area contributed by atoms with Gasteiger partial charge in [-0.2, -0.15) is 0 Å². The molecule has 0 saturated carbocycles. The van der Waals surface area contributed by atoms with Crippen molar-refractivity contribution in [3.63, 3.8) is 0 Å². The molecular weight excluding hydrogens is 709 g/mol. The predicted molar refractivity (Wildman–Crippen MR) is 244 cm³/mol. The maximum absolute atomic E-state index is 2.42. The Bertz CT molecular complexity index is 3490. The average molecular weight is 743 g/mol. The standard InChI is InChI=1S/C54H34N2S/c1-2-11-40(12-3-1)55-48-17-7-4-13-43(48)45-31-27-38(33-50(45)55)39-28-32-46-44-14-5-8-18-49(44)56(51(46)34-39)41-29-25-36(26-30-41)35-21-23-37(24-22-35)42-16-10-20-53-54(42)47-15-6-9-19-52(47)57-53/h1-34H. The molecular formula is C54H34N2S. The maximum Gasteiger partial charge on any atom is 0.0547 e. The van der Waals surface area contributed by atoms with Crippen molar-refractivity contribution in [2.24, 2.45) is 0 Å². The fourth-order valence-electron chi connectivity index (χ4n) is 9.09. The molecule has 2 nitrogen and oxygen atoms in total. The second-order valence-electron chi connectivity index (χ2n) is 14.9. The minimum atomic E-state index is 1.15. The van der Waals surface area contributed by atoms with Crippen molar-refractivity contribution in [1.82, 2.24) is 9.13 Å². The van der Waals surface area contributed by atoms with E-state index in [4.69, 9.17) is 0 Å². The lowest BCUT2D eigenvalue weighted by Crippen LogP contribution is -1.94. The largest absolute Gasteiger partial charge is 0.309 e. The van der Waals surface area contributed by atoms with Crippen molar-refractivity contribution in [3.8, 4) is 44.8 Å². The van der Waals surface area contributed by atoms with Gasteiger partial charge < -0.3 is 9.13 Å². The zero-order chi connectivity index (χ0) is 37.5. The molecule has 0 N–H and O–H groups in total. The summed E-state index contributed by atoms with van der Waals surface area (Å²) < 4.78 is 7.48. The number of thiophene rings is 1. The van der Waals surface area contributed by atoms with E-state index in [-0.39, 0.29) is 0 Å². The number of benzene rings is 9. The van der Waals surface area contributed by atoms with E-state index in [9.17, 15) is 0 Å². The second kappa shape index (κ2) is 12.7. The number of para-hydroxylation sites is 3. The lowest BCUT2D eigenvalue weighted by molar-refractivity contribution is 1.18. The molecule has 0 radical (unpaired) electrons. The van der Waals surface area contributed by atoms with Gasteiger partial charge in [0.1, 0.15) is 0 Å². The second-order valence-corrected chi connectivity index (χ2v) is 16.0. The van der Waals surface area contributed by atoms with Gasteiger partial charge in [-0.25, -0.2) is 0 Å². The summed E-state index contributed by atoms with van der Waals surface area (Å²) in [7, 11) is 0. The van der Waals surface area contributed by atoms with E-state index >= 15 is 0 Å². The van der Waals surface area contributed by atoms with Gasteiger partial charge in [0, 0.05) is 53.1 Å². The summed E-state index contributed by atoms with van der Waals surface area (Å²) in [6.45, 7) is 0. The molecule has 3 heteroatoms. The summed E-state index contributed by atoms with van der Waals surface area (Å²) in [5.41, 5.74) is 14.5. The highest BCUT2D eigenvalue weighted by Crippen LogP contribution is 2.41. The number of aromatic nitrogens is 2. The maximum atomic E-state index is 2.42. The zero-order valence-electron chi connectivity index (χ0n) is 30.9. The van der Waals surface area contributed by atoms with Gasteiger partial charge in [-0.05, 0) is 94.0 Å². The molecule has 0 unspecified atom stereocenters. The molecule has 3 heterocycles. The highest BCUT2D eigenvalue weighted by Gasteiger charge is 2.17. The highest BCUT2D eigenvalue weighted by atomic mass is 32.1. The Balaban J connectivity index is 0.939. The molecule has 0 saturated heterocycles. The SMILES string of the molecule is c1ccc(-n2c3ccccc3c3ccc(-c4ccc5c6ccccc6n(-c6ccc(-c7ccc(-c8cccc9sc%10ccccc%10c89)cc7)cc6)c5c4)cc32)cc1. The first-order valence-corrected chi connectivity index (χ1v) is 20.3. The van der Waals surface area contributed by atoms with Crippen LogP contribution in [-0.4, -0.2) is 9.13 Å². The van der Waals surface area contributed by atoms with Crippen LogP contribution in [0.25, 0.3) is 109 Å². The molecule has 0 aliphatic heterocycles. The molecule has 266 valence electrons. The Morgan fingerprint density at radius 3 is 1.37 bits per heavy atom. The van der Waals surface area contributed by atoms with Gasteiger partial charge in [0.15, 0.2) is 0 Å². The van der Waals surface area contributed by atoms with E-state index < -0.39 is 0 Å². The summed E-state index contributed by atoms with van der Waals surface area (Å²) in [5.74, 6) is 0. The fourth-order valence-corrected chi connectivity index (χ4v) is 10.2. The van der Waals surface area contributed by atoms with Crippen molar-refractivity contribution in [2.45, 2.75) is 0 Å². The van der Waals surface area contributed by atoms with Gasteiger partial charge in [0.25, 0.3) is 0 Å². The first-order valence-electron chi connectivity index (χ1n) is 19.5. The van der Waals surface area contributed by atoms with Crippen molar-refractivity contribution >= 4 is 75.1 Å². The summed E-state index contributed by atoms with van der Waals surface area (Å²) in [6, 6.07) is 75.6.